The summed E-state index contributed by atoms with van der Waals surface area (Å²) in [4.78, 5) is 2.09. The fourth-order valence-electron chi connectivity index (χ4n) is 1.96. The molecular formula is C15H24N2O2. The maximum Gasteiger partial charge on any atom is 0.0916 e. The van der Waals surface area contributed by atoms with Crippen LogP contribution in [0.5, 0.6) is 0 Å². The number of benzene rings is 1. The molecule has 19 heavy (non-hydrogen) atoms. The highest BCUT2D eigenvalue weighted by Gasteiger charge is 2.21. The average molecular weight is 264 g/mol. The summed E-state index contributed by atoms with van der Waals surface area (Å²) >= 11 is 0. The van der Waals surface area contributed by atoms with Gasteiger partial charge in [-0.25, -0.2) is 0 Å². The van der Waals surface area contributed by atoms with Crippen LogP contribution in [0.3, 0.4) is 0 Å². The summed E-state index contributed by atoms with van der Waals surface area (Å²) in [7, 11) is 2.00. The largest absolute Gasteiger partial charge is 0.399 e. The van der Waals surface area contributed by atoms with Crippen molar-refractivity contribution < 1.29 is 9.84 Å². The third kappa shape index (κ3) is 5.19. The van der Waals surface area contributed by atoms with Crippen molar-refractivity contribution >= 4 is 5.69 Å². The lowest BCUT2D eigenvalue weighted by molar-refractivity contribution is 0.0794. The number of nitrogen functional groups attached to an aromatic ring is 1. The first-order valence-electron chi connectivity index (χ1n) is 6.95. The van der Waals surface area contributed by atoms with Gasteiger partial charge in [-0.1, -0.05) is 12.1 Å². The second-order valence-corrected chi connectivity index (χ2v) is 5.46. The van der Waals surface area contributed by atoms with Crippen LogP contribution in [-0.2, 0) is 4.74 Å². The van der Waals surface area contributed by atoms with E-state index in [1.54, 1.807) is 0 Å². The number of rotatable bonds is 8. The monoisotopic (exact) mass is 264 g/mol. The van der Waals surface area contributed by atoms with E-state index in [2.05, 4.69) is 4.90 Å². The van der Waals surface area contributed by atoms with Gasteiger partial charge in [-0.2, -0.15) is 0 Å². The highest BCUT2D eigenvalue weighted by molar-refractivity contribution is 5.39. The third-order valence-electron chi connectivity index (χ3n) is 3.47. The van der Waals surface area contributed by atoms with Crippen LogP contribution in [0.4, 0.5) is 5.69 Å². The van der Waals surface area contributed by atoms with Gasteiger partial charge in [0.25, 0.3) is 0 Å². The molecule has 4 heteroatoms. The van der Waals surface area contributed by atoms with Crippen molar-refractivity contribution in [3.8, 4) is 0 Å². The number of hydrogen-bond donors (Lipinski definition) is 2. The third-order valence-corrected chi connectivity index (χ3v) is 3.47. The Kier molecular flexibility index (Phi) is 5.19. The van der Waals surface area contributed by atoms with Gasteiger partial charge in [-0.05, 0) is 43.5 Å². The molecule has 4 nitrogen and oxygen atoms in total. The molecule has 0 saturated heterocycles. The minimum absolute atomic E-state index is 0.478. The normalized spacial score (nSPS) is 16.8. The molecule has 1 aliphatic rings. The van der Waals surface area contributed by atoms with Gasteiger partial charge in [0, 0.05) is 25.4 Å². The molecule has 1 aromatic rings. The van der Waals surface area contributed by atoms with Gasteiger partial charge in [0.05, 0.1) is 12.7 Å². The van der Waals surface area contributed by atoms with Gasteiger partial charge in [-0.3, -0.25) is 0 Å². The minimum atomic E-state index is -0.478. The highest BCUT2D eigenvalue weighted by atomic mass is 16.5. The van der Waals surface area contributed by atoms with Crippen LogP contribution < -0.4 is 5.73 Å². The average Bonchev–Trinajstić information content (AvgIpc) is 3.19. The molecule has 1 unspecified atom stereocenters. The first-order chi connectivity index (χ1) is 9.15. The number of nitrogens with two attached hydrogens (primary N) is 1. The van der Waals surface area contributed by atoms with Crippen molar-refractivity contribution in [2.24, 2.45) is 5.92 Å². The van der Waals surface area contributed by atoms with Crippen LogP contribution in [0.15, 0.2) is 24.3 Å². The Morgan fingerprint density at radius 3 is 2.68 bits per heavy atom. The molecule has 0 spiro atoms. The van der Waals surface area contributed by atoms with Crippen LogP contribution in [0.25, 0.3) is 0 Å². The Morgan fingerprint density at radius 2 is 2.05 bits per heavy atom. The summed E-state index contributed by atoms with van der Waals surface area (Å²) in [6.45, 7) is 3.09. The fraction of sp³-hybridized carbons (Fsp3) is 0.600. The van der Waals surface area contributed by atoms with Crippen LogP contribution in [0, 0.1) is 5.92 Å². The molecule has 0 aromatic heterocycles. The quantitative estimate of drug-likeness (QED) is 0.554. The van der Waals surface area contributed by atoms with Crippen molar-refractivity contribution in [2.75, 3.05) is 39.1 Å². The van der Waals surface area contributed by atoms with Gasteiger partial charge >= 0.3 is 0 Å². The van der Waals surface area contributed by atoms with Crippen molar-refractivity contribution in [3.05, 3.63) is 29.8 Å². The summed E-state index contributed by atoms with van der Waals surface area (Å²) in [5.74, 6) is 0.811. The molecule has 106 valence electrons. The van der Waals surface area contributed by atoms with Crippen LogP contribution in [-0.4, -0.2) is 43.4 Å². The van der Waals surface area contributed by atoms with Gasteiger partial charge in [-0.15, -0.1) is 0 Å². The molecule has 0 radical (unpaired) electrons. The zero-order valence-electron chi connectivity index (χ0n) is 11.6. The lowest BCUT2D eigenvalue weighted by Gasteiger charge is -2.20. The molecular weight excluding hydrogens is 240 g/mol. The lowest BCUT2D eigenvalue weighted by atomic mass is 10.1. The van der Waals surface area contributed by atoms with Crippen molar-refractivity contribution in [1.82, 2.24) is 4.90 Å². The lowest BCUT2D eigenvalue weighted by Crippen LogP contribution is -2.28. The molecule has 1 saturated carbocycles. The molecule has 2 rings (SSSR count). The number of ether oxygens (including phenoxy) is 1. The van der Waals surface area contributed by atoms with E-state index in [1.807, 2.05) is 31.3 Å². The molecule has 0 bridgehead atoms. The number of anilines is 1. The maximum absolute atomic E-state index is 10.1. The van der Waals surface area contributed by atoms with E-state index < -0.39 is 6.10 Å². The predicted molar refractivity (Wildman–Crippen MR) is 76.9 cm³/mol. The van der Waals surface area contributed by atoms with Crippen molar-refractivity contribution in [1.29, 1.82) is 0 Å². The molecule has 1 aromatic carbocycles. The summed E-state index contributed by atoms with van der Waals surface area (Å²) in [6.07, 6.45) is 2.17. The maximum atomic E-state index is 10.1. The molecule has 0 heterocycles. The van der Waals surface area contributed by atoms with E-state index in [0.717, 1.165) is 36.9 Å². The van der Waals surface area contributed by atoms with E-state index in [4.69, 9.17) is 10.5 Å². The fourth-order valence-corrected chi connectivity index (χ4v) is 1.96. The summed E-state index contributed by atoms with van der Waals surface area (Å²) < 4.78 is 5.59. The van der Waals surface area contributed by atoms with Crippen LogP contribution >= 0.6 is 0 Å². The topological polar surface area (TPSA) is 58.7 Å². The number of hydrogen-bond acceptors (Lipinski definition) is 4. The predicted octanol–water partition coefficient (Wildman–Crippen LogP) is 1.66. The van der Waals surface area contributed by atoms with Crippen molar-refractivity contribution in [2.45, 2.75) is 18.9 Å². The number of likely N-dealkylation sites (N-methyl/N-ethyl adjacent to an activating group) is 1. The summed E-state index contributed by atoms with van der Waals surface area (Å²) in [5.41, 5.74) is 7.25. The zero-order chi connectivity index (χ0) is 13.7. The molecule has 3 N–H and O–H groups in total. The summed E-state index contributed by atoms with van der Waals surface area (Å²) in [5, 5.41) is 10.1. The molecule has 0 amide bonds. The smallest absolute Gasteiger partial charge is 0.0916 e. The molecule has 0 aliphatic heterocycles. The number of nitrogens with zero attached hydrogens (tertiary/aromatic N) is 1. The van der Waals surface area contributed by atoms with Crippen molar-refractivity contribution in [3.63, 3.8) is 0 Å². The second kappa shape index (κ2) is 6.89. The standard InChI is InChI=1S/C15H24N2O2/c1-17(8-9-19-11-12-2-3-12)10-15(18)13-4-6-14(16)7-5-13/h4-7,12,15,18H,2-3,8-11,16H2,1H3. The Morgan fingerprint density at radius 1 is 1.37 bits per heavy atom. The Labute approximate surface area is 115 Å². The Hall–Kier alpha value is -1.10. The molecule has 1 fully saturated rings. The first-order valence-corrected chi connectivity index (χ1v) is 6.95. The van der Waals surface area contributed by atoms with Crippen LogP contribution in [0.1, 0.15) is 24.5 Å². The van der Waals surface area contributed by atoms with E-state index >= 15 is 0 Å². The minimum Gasteiger partial charge on any atom is -0.399 e. The van der Waals surface area contributed by atoms with E-state index in [1.165, 1.54) is 12.8 Å². The van der Waals surface area contributed by atoms with Gasteiger partial charge in [0.15, 0.2) is 0 Å². The SMILES string of the molecule is CN(CCOCC1CC1)CC(O)c1ccc(N)cc1. The van der Waals surface area contributed by atoms with E-state index in [0.29, 0.717) is 6.54 Å². The van der Waals surface area contributed by atoms with E-state index in [-0.39, 0.29) is 0 Å². The number of aliphatic hydroxyl groups is 1. The molecule has 1 aliphatic carbocycles. The Balaban J connectivity index is 1.65. The zero-order valence-corrected chi connectivity index (χ0v) is 11.6. The Bertz CT molecular complexity index is 376. The number of aliphatic hydroxyl groups excluding tert-OH is 1. The first kappa shape index (κ1) is 14.3. The second-order valence-electron chi connectivity index (χ2n) is 5.46. The molecule has 1 atom stereocenters. The van der Waals surface area contributed by atoms with Gasteiger partial charge in [0.1, 0.15) is 0 Å². The van der Waals surface area contributed by atoms with Crippen LogP contribution in [0.2, 0.25) is 0 Å². The summed E-state index contributed by atoms with van der Waals surface area (Å²) in [6, 6.07) is 7.38. The highest BCUT2D eigenvalue weighted by Crippen LogP contribution is 2.28. The van der Waals surface area contributed by atoms with E-state index in [9.17, 15) is 5.11 Å². The van der Waals surface area contributed by atoms with Gasteiger partial charge < -0.3 is 20.5 Å². The van der Waals surface area contributed by atoms with Gasteiger partial charge in [0.2, 0.25) is 0 Å².